The molecule has 1 unspecified atom stereocenters. The van der Waals surface area contributed by atoms with Gasteiger partial charge in [0.25, 0.3) is 5.91 Å². The van der Waals surface area contributed by atoms with Crippen molar-refractivity contribution in [3.8, 4) is 0 Å². The number of hydrogen-bond acceptors (Lipinski definition) is 6. The van der Waals surface area contributed by atoms with Gasteiger partial charge in [0.15, 0.2) is 5.66 Å². The molecule has 0 saturated carbocycles. The van der Waals surface area contributed by atoms with Crippen molar-refractivity contribution in [3.05, 3.63) is 0 Å². The molecule has 0 aromatic rings. The van der Waals surface area contributed by atoms with E-state index in [1.807, 2.05) is 6.92 Å². The quantitative estimate of drug-likeness (QED) is 0.255. The molecule has 8 heteroatoms. The number of nitrogens with two attached hydrogens (primary N) is 1. The smallest absolute Gasteiger partial charge is 0.260 e. The van der Waals surface area contributed by atoms with Gasteiger partial charge in [-0.3, -0.25) is 9.59 Å². The fraction of sp³-hybridized carbons (Fsp3) is 0.833. The lowest BCUT2D eigenvalue weighted by atomic mass is 10.0. The number of carbonyl (C=O) groups excluding carboxylic acids is 2. The highest BCUT2D eigenvalue weighted by Gasteiger charge is 2.40. The third-order valence-electron chi connectivity index (χ3n) is 2.97. The van der Waals surface area contributed by atoms with Crippen molar-refractivity contribution in [1.82, 2.24) is 16.0 Å². The Labute approximate surface area is 131 Å². The Kier molecular flexibility index (Phi) is 8.57. The summed E-state index contributed by atoms with van der Waals surface area (Å²) < 4.78 is 0. The number of thiol groups is 2. The van der Waals surface area contributed by atoms with Gasteiger partial charge in [-0.05, 0) is 26.1 Å². The number of likely N-dealkylation sites (N-methyl/N-ethyl adjacent to an activating group) is 2. The van der Waals surface area contributed by atoms with E-state index in [4.69, 9.17) is 5.73 Å². The molecule has 0 aliphatic rings. The van der Waals surface area contributed by atoms with Crippen LogP contribution in [-0.4, -0.2) is 47.6 Å². The highest BCUT2D eigenvalue weighted by atomic mass is 32.1. The van der Waals surface area contributed by atoms with E-state index < -0.39 is 17.1 Å². The van der Waals surface area contributed by atoms with Crippen molar-refractivity contribution in [2.75, 3.05) is 24.6 Å². The zero-order valence-corrected chi connectivity index (χ0v) is 14.1. The molecule has 0 rings (SSSR count). The first-order valence-corrected chi connectivity index (χ1v) is 7.92. The SMILES string of the molecule is CCNC(=O)C(N)(CCS)NC(=O)[C@@](C)(CS)NCC. The van der Waals surface area contributed by atoms with E-state index in [2.05, 4.69) is 41.2 Å². The second kappa shape index (κ2) is 8.76. The van der Waals surface area contributed by atoms with E-state index in [0.29, 0.717) is 24.6 Å². The molecule has 0 saturated heterocycles. The van der Waals surface area contributed by atoms with Crippen molar-refractivity contribution in [2.24, 2.45) is 5.73 Å². The van der Waals surface area contributed by atoms with Crippen LogP contribution in [0.15, 0.2) is 0 Å². The molecule has 2 amide bonds. The molecule has 0 aliphatic carbocycles. The van der Waals surface area contributed by atoms with Gasteiger partial charge < -0.3 is 21.7 Å². The maximum Gasteiger partial charge on any atom is 0.260 e. The van der Waals surface area contributed by atoms with Crippen molar-refractivity contribution in [3.63, 3.8) is 0 Å². The molecule has 0 aliphatic heterocycles. The average molecular weight is 322 g/mol. The third-order valence-corrected chi connectivity index (χ3v) is 3.83. The number of carbonyl (C=O) groups is 2. The monoisotopic (exact) mass is 322 g/mol. The Hall–Kier alpha value is -0.440. The summed E-state index contributed by atoms with van der Waals surface area (Å²) in [6.07, 6.45) is 0.239. The van der Waals surface area contributed by atoms with E-state index in [-0.39, 0.29) is 12.3 Å². The second-order valence-electron chi connectivity index (χ2n) is 4.78. The summed E-state index contributed by atoms with van der Waals surface area (Å²) in [4.78, 5) is 24.4. The number of hydrogen-bond donors (Lipinski definition) is 6. The molecule has 20 heavy (non-hydrogen) atoms. The van der Waals surface area contributed by atoms with Crippen molar-refractivity contribution < 1.29 is 9.59 Å². The predicted molar refractivity (Wildman–Crippen MR) is 88.1 cm³/mol. The fourth-order valence-electron chi connectivity index (χ4n) is 1.67. The van der Waals surface area contributed by atoms with Crippen LogP contribution in [0.2, 0.25) is 0 Å². The van der Waals surface area contributed by atoms with E-state index in [9.17, 15) is 9.59 Å². The van der Waals surface area contributed by atoms with Crippen LogP contribution in [0, 0.1) is 0 Å². The van der Waals surface area contributed by atoms with Gasteiger partial charge in [-0.2, -0.15) is 25.3 Å². The van der Waals surface area contributed by atoms with E-state index in [1.165, 1.54) is 0 Å². The van der Waals surface area contributed by atoms with Crippen LogP contribution in [-0.2, 0) is 9.59 Å². The summed E-state index contributed by atoms with van der Waals surface area (Å²) in [5.74, 6) is -0.101. The van der Waals surface area contributed by atoms with Crippen LogP contribution in [0.1, 0.15) is 27.2 Å². The van der Waals surface area contributed by atoms with Gasteiger partial charge in [0, 0.05) is 18.7 Å². The van der Waals surface area contributed by atoms with Crippen LogP contribution < -0.4 is 21.7 Å². The Balaban J connectivity index is 5.07. The lowest BCUT2D eigenvalue weighted by Gasteiger charge is -2.34. The lowest BCUT2D eigenvalue weighted by molar-refractivity contribution is -0.136. The molecule has 6 nitrogen and oxygen atoms in total. The van der Waals surface area contributed by atoms with E-state index in [1.54, 1.807) is 13.8 Å². The first kappa shape index (κ1) is 19.6. The minimum atomic E-state index is -1.46. The Morgan fingerprint density at radius 3 is 2.15 bits per heavy atom. The first-order valence-electron chi connectivity index (χ1n) is 6.66. The van der Waals surface area contributed by atoms with Crippen LogP contribution in [0.3, 0.4) is 0 Å². The summed E-state index contributed by atoms with van der Waals surface area (Å²) in [5, 5.41) is 8.30. The molecule has 0 heterocycles. The van der Waals surface area contributed by atoms with Gasteiger partial charge in [-0.25, -0.2) is 0 Å². The molecule has 0 spiro atoms. The molecule has 5 N–H and O–H groups in total. The van der Waals surface area contributed by atoms with Gasteiger partial charge >= 0.3 is 0 Å². The van der Waals surface area contributed by atoms with Crippen LogP contribution >= 0.6 is 25.3 Å². The van der Waals surface area contributed by atoms with Crippen LogP contribution in [0.25, 0.3) is 0 Å². The normalized spacial score (nSPS) is 16.9. The molecule has 118 valence electrons. The van der Waals surface area contributed by atoms with E-state index >= 15 is 0 Å². The largest absolute Gasteiger partial charge is 0.353 e. The van der Waals surface area contributed by atoms with Gasteiger partial charge in [0.05, 0.1) is 0 Å². The molecule has 0 aromatic carbocycles. The van der Waals surface area contributed by atoms with Gasteiger partial charge in [-0.15, -0.1) is 0 Å². The van der Waals surface area contributed by atoms with Crippen LogP contribution in [0.4, 0.5) is 0 Å². The van der Waals surface area contributed by atoms with Crippen molar-refractivity contribution in [1.29, 1.82) is 0 Å². The lowest BCUT2D eigenvalue weighted by Crippen LogP contribution is -2.70. The van der Waals surface area contributed by atoms with Gasteiger partial charge in [0.2, 0.25) is 5.91 Å². The Morgan fingerprint density at radius 1 is 1.15 bits per heavy atom. The molecule has 0 bridgehead atoms. The molecular formula is C12H26N4O2S2. The molecule has 0 aromatic heterocycles. The number of rotatable bonds is 9. The summed E-state index contributed by atoms with van der Waals surface area (Å²) >= 11 is 8.28. The summed E-state index contributed by atoms with van der Waals surface area (Å²) in [6.45, 7) is 6.45. The molecular weight excluding hydrogens is 296 g/mol. The fourth-order valence-corrected chi connectivity index (χ4v) is 2.27. The van der Waals surface area contributed by atoms with Crippen molar-refractivity contribution >= 4 is 37.1 Å². The highest BCUT2D eigenvalue weighted by Crippen LogP contribution is 2.11. The Morgan fingerprint density at radius 2 is 1.75 bits per heavy atom. The molecule has 2 atom stereocenters. The minimum Gasteiger partial charge on any atom is -0.353 e. The second-order valence-corrected chi connectivity index (χ2v) is 5.54. The zero-order valence-electron chi connectivity index (χ0n) is 12.3. The summed E-state index contributed by atoms with van der Waals surface area (Å²) in [6, 6.07) is 0. The van der Waals surface area contributed by atoms with Gasteiger partial charge in [-0.1, -0.05) is 6.92 Å². The zero-order chi connectivity index (χ0) is 15.8. The maximum atomic E-state index is 12.4. The average Bonchev–Trinajstić information content (AvgIpc) is 2.39. The van der Waals surface area contributed by atoms with Crippen molar-refractivity contribution in [2.45, 2.75) is 38.4 Å². The summed E-state index contributed by atoms with van der Waals surface area (Å²) in [5.41, 5.74) is 3.69. The van der Waals surface area contributed by atoms with Gasteiger partial charge in [0.1, 0.15) is 5.54 Å². The Bertz CT molecular complexity index is 343. The minimum absolute atomic E-state index is 0.239. The van der Waals surface area contributed by atoms with E-state index in [0.717, 1.165) is 0 Å². The molecule has 0 radical (unpaired) electrons. The first-order chi connectivity index (χ1) is 9.29. The third kappa shape index (κ3) is 5.16. The van der Waals surface area contributed by atoms with Crippen LogP contribution in [0.5, 0.6) is 0 Å². The summed E-state index contributed by atoms with van der Waals surface area (Å²) in [7, 11) is 0. The topological polar surface area (TPSA) is 96.2 Å². The number of nitrogens with one attached hydrogen (secondary N) is 3. The maximum absolute atomic E-state index is 12.4. The number of amides is 2. The highest BCUT2D eigenvalue weighted by molar-refractivity contribution is 7.80. The molecule has 0 fully saturated rings. The standard InChI is InChI=1S/C12H26N4O2S2/c1-4-14-10(18)12(13,6-7-19)16-9(17)11(3,8-20)15-5-2/h15,19-20H,4-8,13H2,1-3H3,(H,14,18)(H,16,17)/t11-,12?/m1/s1. The predicted octanol–water partition coefficient (Wildman–Crippen LogP) is -0.488.